The van der Waals surface area contributed by atoms with Crippen molar-refractivity contribution in [1.29, 1.82) is 0 Å². The van der Waals surface area contributed by atoms with Crippen LogP contribution in [0.4, 0.5) is 0 Å². The largest absolute Gasteiger partial charge is 0.392 e. The Balaban J connectivity index is 0.000000924. The van der Waals surface area contributed by atoms with E-state index in [0.717, 1.165) is 27.7 Å². The number of nitrogens with zero attached hydrogens (tertiary/aromatic N) is 1. The molecule has 0 radical (unpaired) electrons. The van der Waals surface area contributed by atoms with Crippen molar-refractivity contribution in [1.82, 2.24) is 4.98 Å². The maximum atomic E-state index is 9.16. The van der Waals surface area contributed by atoms with Gasteiger partial charge in [-0.05, 0) is 47.9 Å². The van der Waals surface area contributed by atoms with Crippen LogP contribution in [-0.2, 0) is 6.61 Å². The van der Waals surface area contributed by atoms with Gasteiger partial charge in [0, 0.05) is 5.39 Å². The van der Waals surface area contributed by atoms with Gasteiger partial charge in [-0.25, -0.2) is 4.98 Å². The lowest BCUT2D eigenvalue weighted by molar-refractivity contribution is 0.282. The zero-order chi connectivity index (χ0) is 16.7. The second-order valence-electron chi connectivity index (χ2n) is 5.17. The first-order valence-corrected chi connectivity index (χ1v) is 8.00. The second-order valence-corrected chi connectivity index (χ2v) is 5.17. The standard InChI is InChI=1S/C19H17NO.C2H6/c1-14-5-7-17-8-10-18(20-19(17)11-14)9-6-15-3-2-4-16(12-15)13-21;1-2/h2-12,21H,13H2,1H3;1-2H3/b9-6+;. The average Bonchev–Trinajstić information content (AvgIpc) is 2.61. The Morgan fingerprint density at radius 1 is 0.957 bits per heavy atom. The van der Waals surface area contributed by atoms with E-state index in [0.29, 0.717) is 0 Å². The quantitative estimate of drug-likeness (QED) is 0.718. The van der Waals surface area contributed by atoms with Gasteiger partial charge in [0.2, 0.25) is 0 Å². The van der Waals surface area contributed by atoms with Crippen LogP contribution in [0.3, 0.4) is 0 Å². The highest BCUT2D eigenvalue weighted by Gasteiger charge is 1.97. The Bertz CT molecular complexity index is 806. The Labute approximate surface area is 138 Å². The molecule has 1 aromatic heterocycles. The zero-order valence-electron chi connectivity index (χ0n) is 14.0. The fourth-order valence-corrected chi connectivity index (χ4v) is 2.31. The van der Waals surface area contributed by atoms with Gasteiger partial charge in [0.15, 0.2) is 0 Å². The summed E-state index contributed by atoms with van der Waals surface area (Å²) in [6.07, 6.45) is 4.02. The minimum atomic E-state index is 0.0647. The zero-order valence-corrected chi connectivity index (χ0v) is 14.0. The van der Waals surface area contributed by atoms with Crippen molar-refractivity contribution in [2.75, 3.05) is 0 Å². The molecule has 0 unspecified atom stereocenters. The van der Waals surface area contributed by atoms with Crippen molar-refractivity contribution in [3.05, 3.63) is 77.0 Å². The second kappa shape index (κ2) is 8.25. The molecule has 2 aromatic carbocycles. The minimum absolute atomic E-state index is 0.0647. The SMILES string of the molecule is CC.Cc1ccc2ccc(/C=C/c3cccc(CO)c3)nc2c1. The summed E-state index contributed by atoms with van der Waals surface area (Å²) in [7, 11) is 0. The molecule has 118 valence electrons. The first kappa shape index (κ1) is 16.9. The number of aryl methyl sites for hydroxylation is 1. The first-order chi connectivity index (χ1) is 11.2. The number of benzene rings is 2. The molecule has 23 heavy (non-hydrogen) atoms. The molecule has 0 saturated carbocycles. The Morgan fingerprint density at radius 2 is 1.74 bits per heavy atom. The molecule has 3 aromatic rings. The van der Waals surface area contributed by atoms with Gasteiger partial charge in [0.1, 0.15) is 0 Å². The van der Waals surface area contributed by atoms with E-state index in [2.05, 4.69) is 36.2 Å². The van der Waals surface area contributed by atoms with Crippen molar-refractivity contribution in [3.63, 3.8) is 0 Å². The molecule has 0 saturated heterocycles. The van der Waals surface area contributed by atoms with Gasteiger partial charge in [0.05, 0.1) is 17.8 Å². The molecule has 1 N–H and O–H groups in total. The molecule has 0 atom stereocenters. The van der Waals surface area contributed by atoms with Crippen LogP contribution in [0.1, 0.15) is 36.2 Å². The van der Waals surface area contributed by atoms with E-state index in [1.165, 1.54) is 5.56 Å². The van der Waals surface area contributed by atoms with E-state index in [-0.39, 0.29) is 6.61 Å². The molecule has 0 aliphatic carbocycles. The van der Waals surface area contributed by atoms with Gasteiger partial charge in [-0.2, -0.15) is 0 Å². The van der Waals surface area contributed by atoms with Crippen LogP contribution >= 0.6 is 0 Å². The maximum absolute atomic E-state index is 9.16. The third-order valence-electron chi connectivity index (χ3n) is 3.45. The molecule has 0 aliphatic rings. The number of hydrogen-bond donors (Lipinski definition) is 1. The van der Waals surface area contributed by atoms with Crippen LogP contribution in [0.2, 0.25) is 0 Å². The lowest BCUT2D eigenvalue weighted by atomic mass is 10.1. The Hall–Kier alpha value is -2.45. The van der Waals surface area contributed by atoms with Crippen LogP contribution in [0.25, 0.3) is 23.1 Å². The van der Waals surface area contributed by atoms with Crippen molar-refractivity contribution in [2.24, 2.45) is 0 Å². The fraction of sp³-hybridized carbons (Fsp3) is 0.190. The summed E-state index contributed by atoms with van der Waals surface area (Å²) in [5.74, 6) is 0. The van der Waals surface area contributed by atoms with Crippen molar-refractivity contribution in [3.8, 4) is 0 Å². The summed E-state index contributed by atoms with van der Waals surface area (Å²) < 4.78 is 0. The van der Waals surface area contributed by atoms with Crippen LogP contribution in [0.5, 0.6) is 0 Å². The van der Waals surface area contributed by atoms with E-state index in [1.54, 1.807) is 0 Å². The molecule has 0 bridgehead atoms. The Kier molecular flexibility index (Phi) is 6.07. The topological polar surface area (TPSA) is 33.1 Å². The van der Waals surface area contributed by atoms with Crippen molar-refractivity contribution >= 4 is 23.1 Å². The highest BCUT2D eigenvalue weighted by Crippen LogP contribution is 2.16. The minimum Gasteiger partial charge on any atom is -0.392 e. The van der Waals surface area contributed by atoms with E-state index in [9.17, 15) is 0 Å². The van der Waals surface area contributed by atoms with Gasteiger partial charge < -0.3 is 5.11 Å². The van der Waals surface area contributed by atoms with E-state index in [1.807, 2.05) is 56.3 Å². The maximum Gasteiger partial charge on any atom is 0.0711 e. The summed E-state index contributed by atoms with van der Waals surface area (Å²) in [6, 6.07) is 18.2. The molecule has 0 spiro atoms. The van der Waals surface area contributed by atoms with Crippen LogP contribution in [-0.4, -0.2) is 10.1 Å². The van der Waals surface area contributed by atoms with Gasteiger partial charge in [0.25, 0.3) is 0 Å². The fourth-order valence-electron chi connectivity index (χ4n) is 2.31. The number of pyridine rings is 1. The first-order valence-electron chi connectivity index (χ1n) is 8.00. The number of aliphatic hydroxyl groups excluding tert-OH is 1. The van der Waals surface area contributed by atoms with Gasteiger partial charge in [-0.3, -0.25) is 0 Å². The van der Waals surface area contributed by atoms with Gasteiger partial charge in [-0.1, -0.05) is 56.3 Å². The molecule has 0 amide bonds. The molecule has 2 nitrogen and oxygen atoms in total. The van der Waals surface area contributed by atoms with E-state index < -0.39 is 0 Å². The van der Waals surface area contributed by atoms with Crippen molar-refractivity contribution < 1.29 is 5.11 Å². The number of fused-ring (bicyclic) bond motifs is 1. The molecule has 0 aliphatic heterocycles. The predicted molar refractivity (Wildman–Crippen MR) is 99.1 cm³/mol. The molecule has 2 heteroatoms. The lowest BCUT2D eigenvalue weighted by Gasteiger charge is -2.01. The highest BCUT2D eigenvalue weighted by molar-refractivity contribution is 5.81. The van der Waals surface area contributed by atoms with Crippen LogP contribution < -0.4 is 0 Å². The summed E-state index contributed by atoms with van der Waals surface area (Å²) >= 11 is 0. The van der Waals surface area contributed by atoms with Crippen molar-refractivity contribution in [2.45, 2.75) is 27.4 Å². The van der Waals surface area contributed by atoms with Crippen LogP contribution in [0.15, 0.2) is 54.6 Å². The summed E-state index contributed by atoms with van der Waals surface area (Å²) in [4.78, 5) is 4.66. The lowest BCUT2D eigenvalue weighted by Crippen LogP contribution is -1.85. The number of aliphatic hydroxyl groups is 1. The summed E-state index contributed by atoms with van der Waals surface area (Å²) in [5, 5.41) is 10.3. The molecule has 3 rings (SSSR count). The third kappa shape index (κ3) is 4.51. The molecule has 1 heterocycles. The summed E-state index contributed by atoms with van der Waals surface area (Å²) in [5.41, 5.74) is 5.14. The molecular weight excluding hydrogens is 282 g/mol. The normalized spacial score (nSPS) is 10.6. The highest BCUT2D eigenvalue weighted by atomic mass is 16.3. The van der Waals surface area contributed by atoms with Gasteiger partial charge in [-0.15, -0.1) is 0 Å². The third-order valence-corrected chi connectivity index (χ3v) is 3.45. The average molecular weight is 305 g/mol. The monoisotopic (exact) mass is 305 g/mol. The van der Waals surface area contributed by atoms with E-state index >= 15 is 0 Å². The molecular formula is C21H23NO. The molecule has 0 fully saturated rings. The summed E-state index contributed by atoms with van der Waals surface area (Å²) in [6.45, 7) is 6.14. The van der Waals surface area contributed by atoms with E-state index in [4.69, 9.17) is 5.11 Å². The van der Waals surface area contributed by atoms with Gasteiger partial charge >= 0.3 is 0 Å². The predicted octanol–water partition coefficient (Wildman–Crippen LogP) is 5.23. The number of aromatic nitrogens is 1. The van der Waals surface area contributed by atoms with Crippen LogP contribution in [0, 0.1) is 6.92 Å². The Morgan fingerprint density at radius 3 is 2.52 bits per heavy atom. The smallest absolute Gasteiger partial charge is 0.0711 e. The number of rotatable bonds is 3. The number of hydrogen-bond acceptors (Lipinski definition) is 2.